The smallest absolute Gasteiger partial charge is 0.0368 e. The number of benzene rings is 1. The molecule has 0 saturated carbocycles. The van der Waals surface area contributed by atoms with Gasteiger partial charge in [-0.05, 0) is 61.9 Å². The van der Waals surface area contributed by atoms with Crippen molar-refractivity contribution in [2.45, 2.75) is 39.3 Å². The third kappa shape index (κ3) is 2.52. The van der Waals surface area contributed by atoms with Gasteiger partial charge in [-0.1, -0.05) is 13.0 Å². The maximum Gasteiger partial charge on any atom is 0.0368 e. The molecule has 1 heterocycles. The molecule has 0 radical (unpaired) electrons. The van der Waals surface area contributed by atoms with Crippen LogP contribution < -0.4 is 16.8 Å². The molecule has 4 unspecified atom stereocenters. The summed E-state index contributed by atoms with van der Waals surface area (Å²) >= 11 is 0. The van der Waals surface area contributed by atoms with Crippen LogP contribution >= 0.6 is 0 Å². The van der Waals surface area contributed by atoms with Gasteiger partial charge in [-0.25, -0.2) is 0 Å². The van der Waals surface area contributed by atoms with E-state index in [2.05, 4.69) is 38.2 Å². The average Bonchev–Trinajstić information content (AvgIpc) is 2.31. The van der Waals surface area contributed by atoms with E-state index in [1.165, 1.54) is 17.5 Å². The Bertz CT molecular complexity index is 416. The summed E-state index contributed by atoms with van der Waals surface area (Å²) in [4.78, 5) is 0. The predicted molar refractivity (Wildman–Crippen MR) is 77.3 cm³/mol. The van der Waals surface area contributed by atoms with Crippen molar-refractivity contribution >= 4 is 5.69 Å². The van der Waals surface area contributed by atoms with Crippen LogP contribution in [0, 0.1) is 18.8 Å². The quantitative estimate of drug-likeness (QED) is 0.702. The second-order valence-corrected chi connectivity index (χ2v) is 5.77. The van der Waals surface area contributed by atoms with Crippen molar-refractivity contribution in [2.75, 3.05) is 12.3 Å². The lowest BCUT2D eigenvalue weighted by Gasteiger charge is -2.41. The van der Waals surface area contributed by atoms with Crippen LogP contribution in [0.2, 0.25) is 0 Å². The van der Waals surface area contributed by atoms with Gasteiger partial charge in [0.05, 0.1) is 0 Å². The van der Waals surface area contributed by atoms with E-state index in [0.717, 1.165) is 12.2 Å². The van der Waals surface area contributed by atoms with Crippen LogP contribution in [0.25, 0.3) is 0 Å². The molecular formula is C15H25N3. The summed E-state index contributed by atoms with van der Waals surface area (Å²) < 4.78 is 0. The second-order valence-electron chi connectivity index (χ2n) is 5.77. The topological polar surface area (TPSA) is 64.1 Å². The standard InChI is InChI=1S/C15H25N3/c1-9-4-5-12(17)7-13(9)15-14(8-16)10(2)6-11(3)18-15/h4-5,7,10-11,14-15,18H,6,8,16-17H2,1-3H3. The van der Waals surface area contributed by atoms with E-state index < -0.39 is 0 Å². The van der Waals surface area contributed by atoms with Crippen molar-refractivity contribution in [1.82, 2.24) is 5.32 Å². The molecule has 2 rings (SSSR count). The molecule has 3 nitrogen and oxygen atoms in total. The summed E-state index contributed by atoms with van der Waals surface area (Å²) in [6.07, 6.45) is 1.19. The molecule has 100 valence electrons. The highest BCUT2D eigenvalue weighted by Crippen LogP contribution is 2.36. The van der Waals surface area contributed by atoms with Crippen LogP contribution in [0.3, 0.4) is 0 Å². The summed E-state index contributed by atoms with van der Waals surface area (Å²) in [5, 5.41) is 3.70. The predicted octanol–water partition coefficient (Wildman–Crippen LogP) is 2.21. The highest BCUT2D eigenvalue weighted by Gasteiger charge is 2.34. The van der Waals surface area contributed by atoms with E-state index in [9.17, 15) is 0 Å². The zero-order chi connectivity index (χ0) is 13.3. The molecule has 1 aromatic carbocycles. The number of piperidine rings is 1. The van der Waals surface area contributed by atoms with E-state index in [-0.39, 0.29) is 0 Å². The maximum atomic E-state index is 5.98. The minimum absolute atomic E-state index is 0.331. The largest absolute Gasteiger partial charge is 0.399 e. The van der Waals surface area contributed by atoms with Crippen molar-refractivity contribution in [3.8, 4) is 0 Å². The molecule has 1 saturated heterocycles. The fourth-order valence-corrected chi connectivity index (χ4v) is 3.24. The Morgan fingerprint density at radius 2 is 2.06 bits per heavy atom. The molecule has 0 aliphatic carbocycles. The van der Waals surface area contributed by atoms with Crippen LogP contribution in [0.15, 0.2) is 18.2 Å². The lowest BCUT2D eigenvalue weighted by atomic mass is 9.76. The van der Waals surface area contributed by atoms with Gasteiger partial charge in [-0.3, -0.25) is 0 Å². The van der Waals surface area contributed by atoms with E-state index in [0.29, 0.717) is 23.9 Å². The van der Waals surface area contributed by atoms with Crippen molar-refractivity contribution in [2.24, 2.45) is 17.6 Å². The van der Waals surface area contributed by atoms with Crippen LogP contribution in [-0.2, 0) is 0 Å². The molecule has 0 amide bonds. The Balaban J connectivity index is 2.36. The minimum atomic E-state index is 0.331. The fraction of sp³-hybridized carbons (Fsp3) is 0.600. The van der Waals surface area contributed by atoms with Gasteiger partial charge in [0, 0.05) is 17.8 Å². The SMILES string of the molecule is Cc1ccc(N)cc1C1NC(C)CC(C)C1CN. The summed E-state index contributed by atoms with van der Waals surface area (Å²) in [6, 6.07) is 7.03. The Labute approximate surface area is 110 Å². The Kier molecular flexibility index (Phi) is 3.93. The number of hydrogen-bond acceptors (Lipinski definition) is 3. The molecule has 5 N–H and O–H groups in total. The first-order chi connectivity index (χ1) is 8.52. The lowest BCUT2D eigenvalue weighted by molar-refractivity contribution is 0.174. The van der Waals surface area contributed by atoms with E-state index in [4.69, 9.17) is 11.5 Å². The van der Waals surface area contributed by atoms with Gasteiger partial charge in [0.25, 0.3) is 0 Å². The number of nitrogen functional groups attached to an aromatic ring is 1. The summed E-state index contributed by atoms with van der Waals surface area (Å²) in [5.41, 5.74) is 15.3. The molecule has 4 atom stereocenters. The number of rotatable bonds is 2. The van der Waals surface area contributed by atoms with Gasteiger partial charge in [-0.15, -0.1) is 0 Å². The number of hydrogen-bond donors (Lipinski definition) is 3. The van der Waals surface area contributed by atoms with Crippen LogP contribution in [0.1, 0.15) is 37.4 Å². The minimum Gasteiger partial charge on any atom is -0.399 e. The molecular weight excluding hydrogens is 222 g/mol. The highest BCUT2D eigenvalue weighted by atomic mass is 15.0. The van der Waals surface area contributed by atoms with E-state index >= 15 is 0 Å². The Morgan fingerprint density at radius 1 is 1.33 bits per heavy atom. The second kappa shape index (κ2) is 5.29. The Hall–Kier alpha value is -1.06. The van der Waals surface area contributed by atoms with Gasteiger partial charge < -0.3 is 16.8 Å². The maximum absolute atomic E-state index is 5.98. The molecule has 0 aromatic heterocycles. The molecule has 1 fully saturated rings. The zero-order valence-electron chi connectivity index (χ0n) is 11.6. The molecule has 1 aromatic rings. The normalized spacial score (nSPS) is 32.4. The molecule has 1 aliphatic rings. The number of aryl methyl sites for hydroxylation is 1. The van der Waals surface area contributed by atoms with E-state index in [1.807, 2.05) is 6.07 Å². The van der Waals surface area contributed by atoms with Crippen molar-refractivity contribution in [3.05, 3.63) is 29.3 Å². The number of anilines is 1. The average molecular weight is 247 g/mol. The summed E-state index contributed by atoms with van der Waals surface area (Å²) in [5.74, 6) is 1.14. The van der Waals surface area contributed by atoms with Gasteiger partial charge in [-0.2, -0.15) is 0 Å². The zero-order valence-corrected chi connectivity index (χ0v) is 11.6. The van der Waals surface area contributed by atoms with Crippen LogP contribution in [-0.4, -0.2) is 12.6 Å². The monoisotopic (exact) mass is 247 g/mol. The third-order valence-corrected chi connectivity index (χ3v) is 4.26. The van der Waals surface area contributed by atoms with Crippen molar-refractivity contribution in [3.63, 3.8) is 0 Å². The first kappa shape index (κ1) is 13.4. The Morgan fingerprint density at radius 3 is 2.72 bits per heavy atom. The highest BCUT2D eigenvalue weighted by molar-refractivity contribution is 5.46. The van der Waals surface area contributed by atoms with Gasteiger partial charge >= 0.3 is 0 Å². The first-order valence-corrected chi connectivity index (χ1v) is 6.85. The number of nitrogens with one attached hydrogen (secondary N) is 1. The molecule has 0 spiro atoms. The van der Waals surface area contributed by atoms with Crippen LogP contribution in [0.4, 0.5) is 5.69 Å². The van der Waals surface area contributed by atoms with Crippen LogP contribution in [0.5, 0.6) is 0 Å². The van der Waals surface area contributed by atoms with Gasteiger partial charge in [0.2, 0.25) is 0 Å². The molecule has 18 heavy (non-hydrogen) atoms. The third-order valence-electron chi connectivity index (χ3n) is 4.26. The summed E-state index contributed by atoms with van der Waals surface area (Å²) in [6.45, 7) is 7.43. The lowest BCUT2D eigenvalue weighted by Crippen LogP contribution is -2.47. The first-order valence-electron chi connectivity index (χ1n) is 6.85. The summed E-state index contributed by atoms with van der Waals surface area (Å²) in [7, 11) is 0. The molecule has 0 bridgehead atoms. The molecule has 3 heteroatoms. The van der Waals surface area contributed by atoms with Crippen molar-refractivity contribution in [1.29, 1.82) is 0 Å². The van der Waals surface area contributed by atoms with E-state index in [1.54, 1.807) is 0 Å². The number of nitrogens with two attached hydrogens (primary N) is 2. The fourth-order valence-electron chi connectivity index (χ4n) is 3.24. The van der Waals surface area contributed by atoms with Gasteiger partial charge in [0.1, 0.15) is 0 Å². The van der Waals surface area contributed by atoms with Crippen molar-refractivity contribution < 1.29 is 0 Å². The molecule has 1 aliphatic heterocycles. The van der Waals surface area contributed by atoms with Gasteiger partial charge in [0.15, 0.2) is 0 Å².